The van der Waals surface area contributed by atoms with Gasteiger partial charge in [0, 0.05) is 24.4 Å². The molecule has 2 heteroatoms. The van der Waals surface area contributed by atoms with Crippen LogP contribution in [0.4, 0.5) is 5.69 Å². The number of hydrogen-bond donors (Lipinski definition) is 2. The minimum Gasteiger partial charge on any atom is -0.396 e. The van der Waals surface area contributed by atoms with Crippen LogP contribution in [0.3, 0.4) is 0 Å². The van der Waals surface area contributed by atoms with Crippen molar-refractivity contribution in [2.45, 2.75) is 6.42 Å². The van der Waals surface area contributed by atoms with Crippen molar-refractivity contribution in [2.24, 2.45) is 0 Å². The van der Waals surface area contributed by atoms with Crippen LogP contribution in [0.2, 0.25) is 0 Å². The Morgan fingerprint density at radius 2 is 2.00 bits per heavy atom. The van der Waals surface area contributed by atoms with Crippen LogP contribution in [0.1, 0.15) is 6.42 Å². The first-order valence-electron chi connectivity index (χ1n) is 3.93. The van der Waals surface area contributed by atoms with Crippen LogP contribution >= 0.6 is 0 Å². The number of aliphatic hydroxyl groups excluding tert-OH is 1. The zero-order valence-corrected chi connectivity index (χ0v) is 6.96. The van der Waals surface area contributed by atoms with Gasteiger partial charge in [0.05, 0.1) is 0 Å². The Hall–Kier alpha value is -1.28. The van der Waals surface area contributed by atoms with Crippen molar-refractivity contribution in [2.75, 3.05) is 11.9 Å². The molecule has 1 aromatic carbocycles. The van der Waals surface area contributed by atoms with Crippen LogP contribution in [0.15, 0.2) is 42.6 Å². The standard InChI is InChI=1S/C10H13NO/c1-9(7-8-12)11-10-5-3-2-4-6-10/h2-6,11-12H,1,7-8H2. The molecule has 0 aliphatic rings. The topological polar surface area (TPSA) is 32.3 Å². The number of nitrogens with one attached hydrogen (secondary N) is 1. The van der Waals surface area contributed by atoms with Crippen LogP contribution in [0.5, 0.6) is 0 Å². The molecule has 0 saturated carbocycles. The van der Waals surface area contributed by atoms with E-state index in [-0.39, 0.29) is 6.61 Å². The molecule has 0 amide bonds. The summed E-state index contributed by atoms with van der Waals surface area (Å²) >= 11 is 0. The van der Waals surface area contributed by atoms with E-state index in [0.29, 0.717) is 6.42 Å². The van der Waals surface area contributed by atoms with E-state index in [1.54, 1.807) is 0 Å². The second-order valence-corrected chi connectivity index (χ2v) is 2.57. The lowest BCUT2D eigenvalue weighted by Crippen LogP contribution is -1.99. The highest BCUT2D eigenvalue weighted by molar-refractivity contribution is 5.47. The number of aliphatic hydroxyl groups is 1. The van der Waals surface area contributed by atoms with Crippen molar-refractivity contribution in [3.8, 4) is 0 Å². The maximum Gasteiger partial charge on any atom is 0.0485 e. The molecule has 1 rings (SSSR count). The first-order valence-corrected chi connectivity index (χ1v) is 3.93. The molecular weight excluding hydrogens is 150 g/mol. The summed E-state index contributed by atoms with van der Waals surface area (Å²) in [6.07, 6.45) is 0.592. The van der Waals surface area contributed by atoms with E-state index in [1.165, 1.54) is 0 Å². The third-order valence-electron chi connectivity index (χ3n) is 1.51. The summed E-state index contributed by atoms with van der Waals surface area (Å²) in [6.45, 7) is 3.91. The molecule has 0 aromatic heterocycles. The Labute approximate surface area is 72.5 Å². The molecule has 1 aromatic rings. The maximum absolute atomic E-state index is 8.61. The van der Waals surface area contributed by atoms with Gasteiger partial charge in [-0.2, -0.15) is 0 Å². The first kappa shape index (κ1) is 8.81. The summed E-state index contributed by atoms with van der Waals surface area (Å²) in [5.41, 5.74) is 1.85. The van der Waals surface area contributed by atoms with E-state index in [2.05, 4.69) is 11.9 Å². The zero-order chi connectivity index (χ0) is 8.81. The van der Waals surface area contributed by atoms with E-state index in [1.807, 2.05) is 30.3 Å². The van der Waals surface area contributed by atoms with Gasteiger partial charge in [-0.25, -0.2) is 0 Å². The number of hydrogen-bond acceptors (Lipinski definition) is 2. The quantitative estimate of drug-likeness (QED) is 0.711. The van der Waals surface area contributed by atoms with Crippen molar-refractivity contribution >= 4 is 5.69 Å². The van der Waals surface area contributed by atoms with Gasteiger partial charge in [-0.05, 0) is 12.1 Å². The van der Waals surface area contributed by atoms with Crippen LogP contribution in [0, 0.1) is 0 Å². The van der Waals surface area contributed by atoms with Gasteiger partial charge in [-0.3, -0.25) is 0 Å². The van der Waals surface area contributed by atoms with Gasteiger partial charge in [-0.1, -0.05) is 24.8 Å². The summed E-state index contributed by atoms with van der Waals surface area (Å²) in [4.78, 5) is 0. The van der Waals surface area contributed by atoms with Gasteiger partial charge in [0.25, 0.3) is 0 Å². The van der Waals surface area contributed by atoms with Gasteiger partial charge in [0.2, 0.25) is 0 Å². The van der Waals surface area contributed by atoms with Crippen LogP contribution < -0.4 is 5.32 Å². The second kappa shape index (κ2) is 4.57. The first-order chi connectivity index (χ1) is 5.83. The zero-order valence-electron chi connectivity index (χ0n) is 6.96. The van der Waals surface area contributed by atoms with Gasteiger partial charge in [-0.15, -0.1) is 0 Å². The SMILES string of the molecule is C=C(CCO)Nc1ccccc1. The van der Waals surface area contributed by atoms with E-state index in [4.69, 9.17) is 5.11 Å². The van der Waals surface area contributed by atoms with E-state index >= 15 is 0 Å². The number of benzene rings is 1. The fraction of sp³-hybridized carbons (Fsp3) is 0.200. The third kappa shape index (κ3) is 2.76. The summed E-state index contributed by atoms with van der Waals surface area (Å²) in [5.74, 6) is 0. The van der Waals surface area contributed by atoms with Crippen molar-refractivity contribution in [3.05, 3.63) is 42.6 Å². The lowest BCUT2D eigenvalue weighted by molar-refractivity contribution is 0.300. The van der Waals surface area contributed by atoms with Crippen LogP contribution in [-0.4, -0.2) is 11.7 Å². The Kier molecular flexibility index (Phi) is 3.35. The predicted octanol–water partition coefficient (Wildman–Crippen LogP) is 1.99. The van der Waals surface area contributed by atoms with E-state index in [9.17, 15) is 0 Å². The lowest BCUT2D eigenvalue weighted by Gasteiger charge is -2.06. The van der Waals surface area contributed by atoms with Crippen molar-refractivity contribution in [3.63, 3.8) is 0 Å². The van der Waals surface area contributed by atoms with Gasteiger partial charge >= 0.3 is 0 Å². The Bertz CT molecular complexity index is 243. The Morgan fingerprint density at radius 3 is 2.58 bits per heavy atom. The highest BCUT2D eigenvalue weighted by Gasteiger charge is 1.92. The van der Waals surface area contributed by atoms with Crippen LogP contribution in [-0.2, 0) is 0 Å². The molecule has 0 fully saturated rings. The lowest BCUT2D eigenvalue weighted by atomic mass is 10.3. The molecule has 0 bridgehead atoms. The molecule has 0 spiro atoms. The fourth-order valence-electron chi connectivity index (χ4n) is 0.923. The molecule has 12 heavy (non-hydrogen) atoms. The molecule has 0 saturated heterocycles. The smallest absolute Gasteiger partial charge is 0.0485 e. The Balaban J connectivity index is 2.47. The molecule has 2 nitrogen and oxygen atoms in total. The largest absolute Gasteiger partial charge is 0.396 e. The average molecular weight is 163 g/mol. The van der Waals surface area contributed by atoms with Gasteiger partial charge in [0.15, 0.2) is 0 Å². The maximum atomic E-state index is 8.61. The molecule has 0 aliphatic carbocycles. The predicted molar refractivity (Wildman–Crippen MR) is 50.9 cm³/mol. The summed E-state index contributed by atoms with van der Waals surface area (Å²) in [7, 11) is 0. The van der Waals surface area contributed by atoms with Crippen molar-refractivity contribution < 1.29 is 5.11 Å². The van der Waals surface area contributed by atoms with E-state index in [0.717, 1.165) is 11.4 Å². The third-order valence-corrected chi connectivity index (χ3v) is 1.51. The number of rotatable bonds is 4. The molecule has 0 heterocycles. The molecule has 2 N–H and O–H groups in total. The molecule has 64 valence electrons. The second-order valence-electron chi connectivity index (χ2n) is 2.57. The summed E-state index contributed by atoms with van der Waals surface area (Å²) in [5, 5.41) is 11.7. The highest BCUT2D eigenvalue weighted by Crippen LogP contribution is 2.09. The summed E-state index contributed by atoms with van der Waals surface area (Å²) < 4.78 is 0. The normalized spacial score (nSPS) is 9.42. The number of anilines is 1. The molecule has 0 unspecified atom stereocenters. The van der Waals surface area contributed by atoms with Crippen LogP contribution in [0.25, 0.3) is 0 Å². The molecule has 0 radical (unpaired) electrons. The van der Waals surface area contributed by atoms with Crippen molar-refractivity contribution in [1.82, 2.24) is 0 Å². The molecular formula is C10H13NO. The highest BCUT2D eigenvalue weighted by atomic mass is 16.3. The van der Waals surface area contributed by atoms with Crippen molar-refractivity contribution in [1.29, 1.82) is 0 Å². The average Bonchev–Trinajstić information content (AvgIpc) is 2.06. The minimum absolute atomic E-state index is 0.138. The number of para-hydroxylation sites is 1. The monoisotopic (exact) mass is 163 g/mol. The molecule has 0 atom stereocenters. The summed E-state index contributed by atoms with van der Waals surface area (Å²) in [6, 6.07) is 9.79. The van der Waals surface area contributed by atoms with E-state index < -0.39 is 0 Å². The van der Waals surface area contributed by atoms with Gasteiger partial charge < -0.3 is 10.4 Å². The van der Waals surface area contributed by atoms with Gasteiger partial charge in [0.1, 0.15) is 0 Å². The Morgan fingerprint density at radius 1 is 1.33 bits per heavy atom. The minimum atomic E-state index is 0.138. The fourth-order valence-corrected chi connectivity index (χ4v) is 0.923. The molecule has 0 aliphatic heterocycles.